The van der Waals surface area contributed by atoms with Gasteiger partial charge in [-0.15, -0.1) is 0 Å². The van der Waals surface area contributed by atoms with Gasteiger partial charge in [0, 0.05) is 7.05 Å². The van der Waals surface area contributed by atoms with Crippen LogP contribution >= 0.6 is 0 Å². The van der Waals surface area contributed by atoms with Gasteiger partial charge in [-0.1, -0.05) is 6.92 Å². The first-order valence-electron chi connectivity index (χ1n) is 4.26. The van der Waals surface area contributed by atoms with Gasteiger partial charge in [-0.25, -0.2) is 13.1 Å². The number of sulfonamides is 1. The van der Waals surface area contributed by atoms with Gasteiger partial charge in [0.1, 0.15) is 6.33 Å². The molecule has 0 amide bonds. The van der Waals surface area contributed by atoms with E-state index in [0.717, 1.165) is 0 Å². The average molecular weight is 229 g/mol. The third-order valence-corrected chi connectivity index (χ3v) is 3.49. The van der Waals surface area contributed by atoms with Crippen LogP contribution in [-0.4, -0.2) is 28.4 Å². The van der Waals surface area contributed by atoms with Crippen molar-refractivity contribution >= 4 is 16.0 Å². The lowest BCUT2D eigenvalue weighted by Gasteiger charge is -2.09. The van der Waals surface area contributed by atoms with Crippen molar-refractivity contribution in [3.8, 4) is 6.07 Å². The molecule has 1 heterocycles. The number of anilines is 1. The lowest BCUT2D eigenvalue weighted by molar-refractivity contribution is 0.591. The van der Waals surface area contributed by atoms with Crippen LogP contribution in [0.3, 0.4) is 0 Å². The molecule has 1 rings (SSSR count). The zero-order valence-electron chi connectivity index (χ0n) is 8.38. The second-order valence-electron chi connectivity index (χ2n) is 2.88. The van der Waals surface area contributed by atoms with Crippen molar-refractivity contribution in [2.24, 2.45) is 7.05 Å². The molecule has 0 aliphatic carbocycles. The third kappa shape index (κ3) is 2.44. The second-order valence-corrected chi connectivity index (χ2v) is 4.74. The molecular weight excluding hydrogens is 218 g/mol. The van der Waals surface area contributed by atoms with Gasteiger partial charge in [-0.3, -0.25) is 4.72 Å². The highest BCUT2D eigenvalue weighted by Gasteiger charge is 2.24. The van der Waals surface area contributed by atoms with Crippen molar-refractivity contribution in [3.05, 3.63) is 6.33 Å². The van der Waals surface area contributed by atoms with Gasteiger partial charge in [-0.05, 0) is 6.42 Å². The summed E-state index contributed by atoms with van der Waals surface area (Å²) in [5, 5.41) is 11.3. The number of aryl methyl sites for hydroxylation is 1. The van der Waals surface area contributed by atoms with E-state index in [1.54, 1.807) is 20.0 Å². The number of hydrogen-bond acceptors (Lipinski definition) is 5. The van der Waals surface area contributed by atoms with Crippen molar-refractivity contribution in [2.45, 2.75) is 18.6 Å². The first-order chi connectivity index (χ1) is 7.01. The summed E-state index contributed by atoms with van der Waals surface area (Å²) >= 11 is 0. The van der Waals surface area contributed by atoms with E-state index in [1.807, 2.05) is 0 Å². The Bertz CT molecular complexity index is 472. The van der Waals surface area contributed by atoms with E-state index in [4.69, 9.17) is 5.26 Å². The van der Waals surface area contributed by atoms with E-state index in [0.29, 0.717) is 0 Å². The Balaban J connectivity index is 2.92. The predicted octanol–water partition coefficient (Wildman–Crippen LogP) is -0.141. The van der Waals surface area contributed by atoms with E-state index >= 15 is 0 Å². The predicted molar refractivity (Wildman–Crippen MR) is 53.2 cm³/mol. The maximum absolute atomic E-state index is 11.6. The molecule has 1 N–H and O–H groups in total. The first-order valence-corrected chi connectivity index (χ1v) is 5.81. The lowest BCUT2D eigenvalue weighted by Crippen LogP contribution is -2.27. The molecule has 7 nitrogen and oxygen atoms in total. The molecule has 0 aromatic carbocycles. The fraction of sp³-hybridized carbons (Fsp3) is 0.571. The average Bonchev–Trinajstić information content (AvgIpc) is 2.52. The number of rotatable bonds is 4. The second kappa shape index (κ2) is 4.27. The standard InChI is InChI=1S/C7H11N5O2S/c1-3-6(4-8)15(13,14)11-7-9-5-10-12(7)2/h5-6H,3H2,1-2H3,(H,9,10,11). The minimum atomic E-state index is -3.70. The monoisotopic (exact) mass is 229 g/mol. The van der Waals surface area contributed by atoms with Crippen molar-refractivity contribution < 1.29 is 8.42 Å². The summed E-state index contributed by atoms with van der Waals surface area (Å²) in [6, 6.07) is 1.72. The minimum absolute atomic E-state index is 0.101. The molecule has 8 heteroatoms. The molecule has 0 saturated carbocycles. The summed E-state index contributed by atoms with van der Waals surface area (Å²) in [6.45, 7) is 1.63. The fourth-order valence-electron chi connectivity index (χ4n) is 0.967. The normalized spacial score (nSPS) is 13.1. The summed E-state index contributed by atoms with van der Waals surface area (Å²) in [6.07, 6.45) is 1.45. The SMILES string of the molecule is CCC(C#N)S(=O)(=O)Nc1ncnn1C. The third-order valence-electron chi connectivity index (χ3n) is 1.83. The molecule has 0 saturated heterocycles. The van der Waals surface area contributed by atoms with Gasteiger partial charge in [-0.2, -0.15) is 15.3 Å². The van der Waals surface area contributed by atoms with Gasteiger partial charge < -0.3 is 0 Å². The van der Waals surface area contributed by atoms with E-state index < -0.39 is 15.3 Å². The van der Waals surface area contributed by atoms with Crippen LogP contribution in [0.2, 0.25) is 0 Å². The summed E-state index contributed by atoms with van der Waals surface area (Å²) in [5.41, 5.74) is 0. The highest BCUT2D eigenvalue weighted by Crippen LogP contribution is 2.09. The largest absolute Gasteiger partial charge is 0.251 e. The number of hydrogen-bond donors (Lipinski definition) is 1. The Morgan fingerprint density at radius 1 is 1.73 bits per heavy atom. The van der Waals surface area contributed by atoms with Crippen LogP contribution in [0.25, 0.3) is 0 Å². The van der Waals surface area contributed by atoms with Crippen molar-refractivity contribution in [1.82, 2.24) is 14.8 Å². The number of nitriles is 1. The Labute approximate surface area is 87.8 Å². The van der Waals surface area contributed by atoms with E-state index in [2.05, 4.69) is 14.8 Å². The molecule has 0 fully saturated rings. The van der Waals surface area contributed by atoms with Crippen LogP contribution < -0.4 is 4.72 Å². The Kier molecular flexibility index (Phi) is 3.26. The molecule has 15 heavy (non-hydrogen) atoms. The van der Waals surface area contributed by atoms with Crippen LogP contribution in [0.1, 0.15) is 13.3 Å². The first kappa shape index (κ1) is 11.5. The van der Waals surface area contributed by atoms with Gasteiger partial charge in [0.25, 0.3) is 10.0 Å². The molecule has 0 spiro atoms. The molecule has 82 valence electrons. The van der Waals surface area contributed by atoms with Gasteiger partial charge >= 0.3 is 0 Å². The minimum Gasteiger partial charge on any atom is -0.250 e. The molecule has 1 aromatic heterocycles. The Morgan fingerprint density at radius 2 is 2.40 bits per heavy atom. The molecule has 0 radical (unpaired) electrons. The van der Waals surface area contributed by atoms with Gasteiger partial charge in [0.05, 0.1) is 6.07 Å². The molecule has 0 aliphatic rings. The topological polar surface area (TPSA) is 101 Å². The van der Waals surface area contributed by atoms with Crippen LogP contribution in [0, 0.1) is 11.3 Å². The summed E-state index contributed by atoms with van der Waals surface area (Å²) in [5.74, 6) is 0.101. The van der Waals surface area contributed by atoms with E-state index in [1.165, 1.54) is 11.0 Å². The Morgan fingerprint density at radius 3 is 2.80 bits per heavy atom. The van der Waals surface area contributed by atoms with Crippen molar-refractivity contribution in [1.29, 1.82) is 5.26 Å². The van der Waals surface area contributed by atoms with E-state index in [9.17, 15) is 8.42 Å². The van der Waals surface area contributed by atoms with Crippen molar-refractivity contribution in [2.75, 3.05) is 4.72 Å². The molecule has 0 aliphatic heterocycles. The summed E-state index contributed by atoms with van der Waals surface area (Å²) in [7, 11) is -2.15. The summed E-state index contributed by atoms with van der Waals surface area (Å²) in [4.78, 5) is 3.70. The molecule has 1 aromatic rings. The smallest absolute Gasteiger partial charge is 0.250 e. The Hall–Kier alpha value is -1.62. The number of nitrogens with one attached hydrogen (secondary N) is 1. The quantitative estimate of drug-likeness (QED) is 0.774. The molecule has 0 bridgehead atoms. The van der Waals surface area contributed by atoms with Crippen LogP contribution in [0.5, 0.6) is 0 Å². The molecule has 1 atom stereocenters. The van der Waals surface area contributed by atoms with Crippen LogP contribution in [0.15, 0.2) is 6.33 Å². The van der Waals surface area contributed by atoms with Gasteiger partial charge in [0.15, 0.2) is 5.25 Å². The highest BCUT2D eigenvalue weighted by molar-refractivity contribution is 7.93. The maximum Gasteiger partial charge on any atom is 0.251 e. The van der Waals surface area contributed by atoms with Gasteiger partial charge in [0.2, 0.25) is 5.95 Å². The van der Waals surface area contributed by atoms with Crippen LogP contribution in [-0.2, 0) is 17.1 Å². The lowest BCUT2D eigenvalue weighted by atomic mass is 10.4. The highest BCUT2D eigenvalue weighted by atomic mass is 32.2. The van der Waals surface area contributed by atoms with Crippen LogP contribution in [0.4, 0.5) is 5.95 Å². The zero-order valence-corrected chi connectivity index (χ0v) is 9.19. The maximum atomic E-state index is 11.6. The number of nitrogens with zero attached hydrogens (tertiary/aromatic N) is 4. The zero-order chi connectivity index (χ0) is 11.5. The van der Waals surface area contributed by atoms with Crippen molar-refractivity contribution in [3.63, 3.8) is 0 Å². The molecular formula is C7H11N5O2S. The fourth-order valence-corrected chi connectivity index (χ4v) is 2.13. The number of aromatic nitrogens is 3. The van der Waals surface area contributed by atoms with E-state index in [-0.39, 0.29) is 12.4 Å². The molecule has 1 unspecified atom stereocenters. The summed E-state index contributed by atoms with van der Waals surface area (Å²) < 4.78 is 26.7.